The summed E-state index contributed by atoms with van der Waals surface area (Å²) in [5.41, 5.74) is 3.04. The molecule has 9 heteroatoms. The number of aryl methyl sites for hydroxylation is 1. The fraction of sp³-hybridized carbons (Fsp3) is 0.174. The van der Waals surface area contributed by atoms with E-state index in [9.17, 15) is 21.6 Å². The van der Waals surface area contributed by atoms with Gasteiger partial charge in [-0.2, -0.15) is 0 Å². The molecule has 0 saturated heterocycles. The van der Waals surface area contributed by atoms with Crippen LogP contribution in [0.2, 0.25) is 0 Å². The lowest BCUT2D eigenvalue weighted by atomic mass is 10.1. The summed E-state index contributed by atoms with van der Waals surface area (Å²) in [5, 5.41) is 2.75. The van der Waals surface area contributed by atoms with Gasteiger partial charge in [-0.15, -0.1) is 0 Å². The average molecular weight is 473 g/mol. The number of sulfonamides is 1. The van der Waals surface area contributed by atoms with E-state index in [1.807, 2.05) is 13.0 Å². The van der Waals surface area contributed by atoms with Crippen LogP contribution >= 0.6 is 0 Å². The van der Waals surface area contributed by atoms with E-state index in [1.165, 1.54) is 30.5 Å². The molecule has 1 amide bonds. The zero-order valence-corrected chi connectivity index (χ0v) is 19.3. The van der Waals surface area contributed by atoms with Gasteiger partial charge in [0, 0.05) is 24.1 Å². The Labute approximate surface area is 188 Å². The Hall–Kier alpha value is -3.17. The van der Waals surface area contributed by atoms with Gasteiger partial charge < -0.3 is 5.32 Å². The van der Waals surface area contributed by atoms with E-state index in [0.29, 0.717) is 11.3 Å². The number of amides is 1. The van der Waals surface area contributed by atoms with Crippen LogP contribution in [0, 0.1) is 6.92 Å². The van der Waals surface area contributed by atoms with Crippen molar-refractivity contribution >= 4 is 31.5 Å². The van der Waals surface area contributed by atoms with Gasteiger partial charge in [-0.05, 0) is 53.9 Å². The average Bonchev–Trinajstić information content (AvgIpc) is 2.72. The van der Waals surface area contributed by atoms with Crippen LogP contribution in [0.4, 0.5) is 5.69 Å². The van der Waals surface area contributed by atoms with E-state index in [1.54, 1.807) is 42.5 Å². The predicted molar refractivity (Wildman–Crippen MR) is 125 cm³/mol. The van der Waals surface area contributed by atoms with Gasteiger partial charge in [-0.1, -0.05) is 42.5 Å². The molecular weight excluding hydrogens is 448 g/mol. The van der Waals surface area contributed by atoms with Crippen molar-refractivity contribution in [1.29, 1.82) is 0 Å². The molecule has 0 heterocycles. The lowest BCUT2D eigenvalue weighted by Gasteiger charge is -2.10. The van der Waals surface area contributed by atoms with Crippen LogP contribution in [0.25, 0.3) is 0 Å². The molecule has 32 heavy (non-hydrogen) atoms. The van der Waals surface area contributed by atoms with Gasteiger partial charge in [0.15, 0.2) is 9.84 Å². The molecular formula is C23H24N2O5S2. The SMILES string of the molecule is Cc1cccc(NS(=O)(=O)c2cccc(C(=O)NCc3ccc(CS(C)(=O)=O)cc3)c2)c1. The maximum absolute atomic E-state index is 12.7. The molecule has 0 bridgehead atoms. The maximum atomic E-state index is 12.7. The largest absolute Gasteiger partial charge is 0.348 e. The Morgan fingerprint density at radius 2 is 1.50 bits per heavy atom. The quantitative estimate of drug-likeness (QED) is 0.523. The molecule has 0 aliphatic carbocycles. The second-order valence-corrected chi connectivity index (χ2v) is 11.4. The molecule has 0 atom stereocenters. The van der Waals surface area contributed by atoms with Gasteiger partial charge in [0.2, 0.25) is 0 Å². The summed E-state index contributed by atoms with van der Waals surface area (Å²) < 4.78 is 50.7. The number of sulfone groups is 1. The van der Waals surface area contributed by atoms with Crippen molar-refractivity contribution in [3.63, 3.8) is 0 Å². The molecule has 3 aromatic carbocycles. The van der Waals surface area contributed by atoms with E-state index in [0.717, 1.165) is 11.1 Å². The van der Waals surface area contributed by atoms with Crippen molar-refractivity contribution in [3.8, 4) is 0 Å². The van der Waals surface area contributed by atoms with Crippen LogP contribution in [0.15, 0.2) is 77.7 Å². The fourth-order valence-corrected chi connectivity index (χ4v) is 4.96. The fourth-order valence-electron chi connectivity index (χ4n) is 3.07. The first-order valence-electron chi connectivity index (χ1n) is 9.75. The Morgan fingerprint density at radius 3 is 2.16 bits per heavy atom. The number of rotatable bonds is 8. The zero-order chi connectivity index (χ0) is 23.4. The van der Waals surface area contributed by atoms with E-state index in [2.05, 4.69) is 10.0 Å². The first-order chi connectivity index (χ1) is 15.0. The van der Waals surface area contributed by atoms with Crippen LogP contribution in [0.5, 0.6) is 0 Å². The van der Waals surface area contributed by atoms with Crippen LogP contribution in [-0.2, 0) is 32.2 Å². The van der Waals surface area contributed by atoms with Crippen LogP contribution < -0.4 is 10.0 Å². The smallest absolute Gasteiger partial charge is 0.261 e. The molecule has 0 fully saturated rings. The molecule has 0 spiro atoms. The number of nitrogens with one attached hydrogen (secondary N) is 2. The monoisotopic (exact) mass is 472 g/mol. The van der Waals surface area contributed by atoms with Gasteiger partial charge in [0.25, 0.3) is 15.9 Å². The summed E-state index contributed by atoms with van der Waals surface area (Å²) in [5.74, 6) is -0.463. The molecule has 0 aliphatic rings. The molecule has 0 unspecified atom stereocenters. The third kappa shape index (κ3) is 6.66. The van der Waals surface area contributed by atoms with Gasteiger partial charge in [0.1, 0.15) is 0 Å². The van der Waals surface area contributed by atoms with E-state index < -0.39 is 25.8 Å². The number of hydrogen-bond donors (Lipinski definition) is 2. The summed E-state index contributed by atoms with van der Waals surface area (Å²) in [6.07, 6.45) is 1.17. The Morgan fingerprint density at radius 1 is 0.844 bits per heavy atom. The summed E-state index contributed by atoms with van der Waals surface area (Å²) in [4.78, 5) is 12.5. The number of anilines is 1. The summed E-state index contributed by atoms with van der Waals surface area (Å²) in [6, 6.07) is 19.7. The van der Waals surface area contributed by atoms with Crippen molar-refractivity contribution < 1.29 is 21.6 Å². The third-order valence-corrected chi connectivity index (χ3v) is 6.82. The van der Waals surface area contributed by atoms with E-state index in [-0.39, 0.29) is 22.8 Å². The normalized spacial score (nSPS) is 11.7. The minimum atomic E-state index is -3.85. The molecule has 0 aliphatic heterocycles. The summed E-state index contributed by atoms with van der Waals surface area (Å²) in [6.45, 7) is 2.08. The highest BCUT2D eigenvalue weighted by atomic mass is 32.2. The van der Waals surface area contributed by atoms with Gasteiger partial charge in [-0.25, -0.2) is 16.8 Å². The van der Waals surface area contributed by atoms with Gasteiger partial charge in [-0.3, -0.25) is 9.52 Å². The van der Waals surface area contributed by atoms with Crippen molar-refractivity contribution in [2.45, 2.75) is 24.1 Å². The minimum absolute atomic E-state index is 0.0169. The lowest BCUT2D eigenvalue weighted by Crippen LogP contribution is -2.23. The molecule has 0 saturated carbocycles. The Bertz CT molecular complexity index is 1330. The second-order valence-electron chi connectivity index (χ2n) is 7.57. The van der Waals surface area contributed by atoms with Gasteiger partial charge in [0.05, 0.1) is 10.6 Å². The molecule has 0 aromatic heterocycles. The Kier molecular flexibility index (Phi) is 7.00. The van der Waals surface area contributed by atoms with E-state index >= 15 is 0 Å². The first-order valence-corrected chi connectivity index (χ1v) is 13.3. The van der Waals surface area contributed by atoms with E-state index in [4.69, 9.17) is 0 Å². The number of benzene rings is 3. The number of carbonyl (C=O) groups is 1. The number of carbonyl (C=O) groups excluding carboxylic acids is 1. The van der Waals surface area contributed by atoms with Gasteiger partial charge >= 0.3 is 0 Å². The van der Waals surface area contributed by atoms with Crippen LogP contribution in [-0.4, -0.2) is 29.0 Å². The first kappa shape index (κ1) is 23.5. The highest BCUT2D eigenvalue weighted by Crippen LogP contribution is 2.18. The molecule has 0 radical (unpaired) electrons. The lowest BCUT2D eigenvalue weighted by molar-refractivity contribution is 0.0950. The zero-order valence-electron chi connectivity index (χ0n) is 17.7. The Balaban J connectivity index is 1.67. The highest BCUT2D eigenvalue weighted by molar-refractivity contribution is 7.92. The molecule has 7 nitrogen and oxygen atoms in total. The van der Waals surface area contributed by atoms with Crippen LogP contribution in [0.1, 0.15) is 27.0 Å². The van der Waals surface area contributed by atoms with Crippen molar-refractivity contribution in [1.82, 2.24) is 5.32 Å². The minimum Gasteiger partial charge on any atom is -0.348 e. The predicted octanol–water partition coefficient (Wildman–Crippen LogP) is 3.27. The molecule has 3 aromatic rings. The van der Waals surface area contributed by atoms with Crippen LogP contribution in [0.3, 0.4) is 0 Å². The maximum Gasteiger partial charge on any atom is 0.261 e. The van der Waals surface area contributed by atoms with Crippen molar-refractivity contribution in [3.05, 3.63) is 95.1 Å². The summed E-state index contributed by atoms with van der Waals surface area (Å²) in [7, 11) is -6.97. The topological polar surface area (TPSA) is 109 Å². The molecule has 2 N–H and O–H groups in total. The van der Waals surface area contributed by atoms with Crippen molar-refractivity contribution in [2.24, 2.45) is 0 Å². The van der Waals surface area contributed by atoms with Crippen molar-refractivity contribution in [2.75, 3.05) is 11.0 Å². The highest BCUT2D eigenvalue weighted by Gasteiger charge is 2.16. The number of hydrogen-bond acceptors (Lipinski definition) is 5. The molecule has 3 rings (SSSR count). The third-order valence-electron chi connectivity index (χ3n) is 4.58. The molecule has 168 valence electrons. The second kappa shape index (κ2) is 9.54. The standard InChI is InChI=1S/C23H24N2O5S2/c1-17-5-3-7-21(13-17)25-32(29,30)22-8-4-6-20(14-22)23(26)24-15-18-9-11-19(12-10-18)16-31(2,27)28/h3-14,25H,15-16H2,1-2H3,(H,24,26). The summed E-state index contributed by atoms with van der Waals surface area (Å²) >= 11 is 0.